The molecule has 4 aliphatic carbocycles. The first-order valence-corrected chi connectivity index (χ1v) is 8.52. The molecule has 4 rings (SSSR count). The lowest BCUT2D eigenvalue weighted by molar-refractivity contribution is 0.302. The third-order valence-electron chi connectivity index (χ3n) is 5.20. The Labute approximate surface area is 145 Å². The van der Waals surface area contributed by atoms with Gasteiger partial charge >= 0.3 is 0 Å². The van der Waals surface area contributed by atoms with Crippen LogP contribution in [0.25, 0.3) is 0 Å². The van der Waals surface area contributed by atoms with Crippen molar-refractivity contribution in [3.8, 4) is 0 Å². The van der Waals surface area contributed by atoms with Crippen LogP contribution in [0.15, 0.2) is 21.2 Å². The molecule has 6 atom stereocenters. The van der Waals surface area contributed by atoms with E-state index < -0.39 is 14.1 Å². The maximum atomic E-state index is 6.78. The SMILES string of the molecule is ClC1=C[C@@H]2C[C@@H]1[C@@H]1[C@@H]2[C@]2(Cl)C(Cl)=C(Cl)[C@]1(Cl)C2(Cl)Cl. The standard InChI is InChI=1S/C12H7Cl7/c13-5-2-3-1-4(5)7-6(3)10(16)8(14)9(15)11(7,17)12(10,18)19/h2-4,6-7H,1H2/t3-,4-,6+,7+,10-,11-/m0/s1. The Bertz CT molecular complexity index is 564. The van der Waals surface area contributed by atoms with Crippen LogP contribution in [0.4, 0.5) is 0 Å². The van der Waals surface area contributed by atoms with Gasteiger partial charge in [0.2, 0.25) is 0 Å². The molecule has 2 saturated carbocycles. The molecule has 4 aliphatic rings. The monoisotopic (exact) mass is 396 g/mol. The van der Waals surface area contributed by atoms with Crippen molar-refractivity contribution in [2.75, 3.05) is 0 Å². The molecule has 0 N–H and O–H groups in total. The molecule has 0 radical (unpaired) electrons. The van der Waals surface area contributed by atoms with Crippen LogP contribution in [-0.2, 0) is 0 Å². The Balaban J connectivity index is 2.01. The Morgan fingerprint density at radius 2 is 1.42 bits per heavy atom. The smallest absolute Gasteiger partial charge is 0.109 e. The second-order valence-electron chi connectivity index (χ2n) is 5.74. The molecule has 0 aliphatic heterocycles. The molecule has 0 aromatic rings. The maximum Gasteiger partial charge on any atom is 0.166 e. The molecule has 0 aromatic heterocycles. The predicted octanol–water partition coefficient (Wildman–Crippen LogP) is 5.84. The van der Waals surface area contributed by atoms with Gasteiger partial charge in [-0.15, -0.1) is 23.2 Å². The summed E-state index contributed by atoms with van der Waals surface area (Å²) in [5.41, 5.74) is 0. The molecular formula is C12H7Cl7. The summed E-state index contributed by atoms with van der Waals surface area (Å²) >= 11 is 45.5. The summed E-state index contributed by atoms with van der Waals surface area (Å²) < 4.78 is -1.43. The van der Waals surface area contributed by atoms with Gasteiger partial charge < -0.3 is 0 Å². The molecule has 7 heteroatoms. The second kappa shape index (κ2) is 3.70. The zero-order chi connectivity index (χ0) is 14.0. The highest BCUT2D eigenvalue weighted by Crippen LogP contribution is 2.82. The number of hydrogen-bond donors (Lipinski definition) is 0. The van der Waals surface area contributed by atoms with E-state index in [0.29, 0.717) is 0 Å². The Morgan fingerprint density at radius 1 is 0.895 bits per heavy atom. The average Bonchev–Trinajstić information content (AvgIpc) is 2.95. The van der Waals surface area contributed by atoms with Crippen molar-refractivity contribution in [3.63, 3.8) is 0 Å². The molecule has 0 saturated heterocycles. The molecule has 0 spiro atoms. The van der Waals surface area contributed by atoms with Crippen LogP contribution in [0.5, 0.6) is 0 Å². The van der Waals surface area contributed by atoms with Crippen LogP contribution >= 0.6 is 81.2 Å². The van der Waals surface area contributed by atoms with Gasteiger partial charge in [0.25, 0.3) is 0 Å². The summed E-state index contributed by atoms with van der Waals surface area (Å²) in [6, 6.07) is 0. The van der Waals surface area contributed by atoms with E-state index in [1.165, 1.54) is 0 Å². The lowest BCUT2D eigenvalue weighted by Crippen LogP contribution is -2.46. The Kier molecular flexibility index (Phi) is 2.75. The summed E-state index contributed by atoms with van der Waals surface area (Å²) in [5.74, 6) is 0.226. The van der Waals surface area contributed by atoms with E-state index in [1.807, 2.05) is 6.08 Å². The van der Waals surface area contributed by atoms with Gasteiger partial charge in [0.1, 0.15) is 9.75 Å². The quantitative estimate of drug-likeness (QED) is 0.355. The van der Waals surface area contributed by atoms with Crippen molar-refractivity contribution in [3.05, 3.63) is 21.2 Å². The zero-order valence-corrected chi connectivity index (χ0v) is 14.5. The van der Waals surface area contributed by atoms with E-state index in [4.69, 9.17) is 81.2 Å². The summed E-state index contributed by atoms with van der Waals surface area (Å²) in [4.78, 5) is -2.29. The highest BCUT2D eigenvalue weighted by molar-refractivity contribution is 6.65. The molecule has 2 fully saturated rings. The molecule has 0 amide bonds. The lowest BCUT2D eigenvalue weighted by atomic mass is 9.75. The zero-order valence-electron chi connectivity index (χ0n) is 9.24. The van der Waals surface area contributed by atoms with Crippen molar-refractivity contribution >= 4 is 81.2 Å². The first kappa shape index (κ1) is 14.1. The molecule has 0 heterocycles. The minimum absolute atomic E-state index is 0.0239. The predicted molar refractivity (Wildman–Crippen MR) is 82.9 cm³/mol. The topological polar surface area (TPSA) is 0 Å². The summed E-state index contributed by atoms with van der Waals surface area (Å²) in [7, 11) is 0. The van der Waals surface area contributed by atoms with Crippen LogP contribution < -0.4 is 0 Å². The second-order valence-corrected chi connectivity index (χ2v) is 9.45. The first-order valence-electron chi connectivity index (χ1n) is 5.88. The van der Waals surface area contributed by atoms with E-state index in [0.717, 1.165) is 11.5 Å². The molecule has 19 heavy (non-hydrogen) atoms. The summed E-state index contributed by atoms with van der Waals surface area (Å²) in [6.07, 6.45) is 2.94. The fraction of sp³-hybridized carbons (Fsp3) is 0.667. The van der Waals surface area contributed by atoms with Gasteiger partial charge in [-0.3, -0.25) is 0 Å². The van der Waals surface area contributed by atoms with Gasteiger partial charge in [0, 0.05) is 11.0 Å². The number of alkyl halides is 4. The number of hydrogen-bond acceptors (Lipinski definition) is 0. The molecule has 104 valence electrons. The molecule has 0 nitrogen and oxygen atoms in total. The molecule has 0 aromatic carbocycles. The van der Waals surface area contributed by atoms with Crippen LogP contribution in [0.1, 0.15) is 6.42 Å². The van der Waals surface area contributed by atoms with Crippen LogP contribution in [0, 0.1) is 23.7 Å². The normalized spacial score (nSPS) is 56.9. The minimum Gasteiger partial charge on any atom is -0.109 e. The lowest BCUT2D eigenvalue weighted by Gasteiger charge is -2.38. The number of allylic oxidation sites excluding steroid dienone is 4. The van der Waals surface area contributed by atoms with E-state index in [-0.39, 0.29) is 33.7 Å². The number of fused-ring (bicyclic) bond motifs is 9. The van der Waals surface area contributed by atoms with E-state index >= 15 is 0 Å². The van der Waals surface area contributed by atoms with E-state index in [2.05, 4.69) is 0 Å². The third kappa shape index (κ3) is 1.17. The van der Waals surface area contributed by atoms with Gasteiger partial charge in [0.05, 0.1) is 10.1 Å². The first-order chi connectivity index (χ1) is 8.69. The van der Waals surface area contributed by atoms with Crippen molar-refractivity contribution < 1.29 is 0 Å². The highest BCUT2D eigenvalue weighted by Gasteiger charge is 2.85. The van der Waals surface area contributed by atoms with E-state index in [1.54, 1.807) is 0 Å². The largest absolute Gasteiger partial charge is 0.166 e. The number of halogens is 7. The Morgan fingerprint density at radius 3 is 2.00 bits per heavy atom. The number of rotatable bonds is 0. The summed E-state index contributed by atoms with van der Waals surface area (Å²) in [5, 5.41) is 1.37. The summed E-state index contributed by atoms with van der Waals surface area (Å²) in [6.45, 7) is 0. The fourth-order valence-electron chi connectivity index (χ4n) is 4.53. The van der Waals surface area contributed by atoms with Gasteiger partial charge in [-0.1, -0.05) is 64.1 Å². The van der Waals surface area contributed by atoms with Crippen LogP contribution in [0.3, 0.4) is 0 Å². The van der Waals surface area contributed by atoms with Gasteiger partial charge in [-0.25, -0.2) is 0 Å². The molecular weight excluding hydrogens is 392 g/mol. The van der Waals surface area contributed by atoms with Crippen LogP contribution in [-0.4, -0.2) is 14.1 Å². The van der Waals surface area contributed by atoms with Crippen molar-refractivity contribution in [1.29, 1.82) is 0 Å². The van der Waals surface area contributed by atoms with E-state index in [9.17, 15) is 0 Å². The van der Waals surface area contributed by atoms with Gasteiger partial charge in [-0.05, 0) is 24.2 Å². The average molecular weight is 399 g/mol. The van der Waals surface area contributed by atoms with Crippen LogP contribution in [0.2, 0.25) is 0 Å². The molecule has 0 unspecified atom stereocenters. The van der Waals surface area contributed by atoms with Gasteiger partial charge in [-0.2, -0.15) is 0 Å². The third-order valence-corrected chi connectivity index (χ3v) is 9.90. The Hall–Kier alpha value is 1.51. The minimum atomic E-state index is -1.43. The van der Waals surface area contributed by atoms with Gasteiger partial charge in [0.15, 0.2) is 4.33 Å². The fourth-order valence-corrected chi connectivity index (χ4v) is 8.04. The van der Waals surface area contributed by atoms with Crippen molar-refractivity contribution in [1.82, 2.24) is 0 Å². The van der Waals surface area contributed by atoms with Crippen molar-refractivity contribution in [2.24, 2.45) is 23.7 Å². The van der Waals surface area contributed by atoms with Crippen molar-refractivity contribution in [2.45, 2.75) is 20.5 Å². The molecule has 4 bridgehead atoms. The maximum absolute atomic E-state index is 6.78. The highest BCUT2D eigenvalue weighted by atomic mass is 35.5.